The van der Waals surface area contributed by atoms with Crippen molar-refractivity contribution in [2.24, 2.45) is 5.10 Å². The SMILES string of the molecule is C=CCOc1ccccc1/C=N/NC(=O)c1ccc(OC)c(OC)c1. The first-order valence-corrected chi connectivity index (χ1v) is 7.57. The molecule has 0 aliphatic rings. The maximum Gasteiger partial charge on any atom is 0.271 e. The van der Waals surface area contributed by atoms with Gasteiger partial charge in [-0.15, -0.1) is 0 Å². The highest BCUT2D eigenvalue weighted by molar-refractivity contribution is 5.95. The van der Waals surface area contributed by atoms with E-state index in [0.29, 0.717) is 29.4 Å². The number of para-hydroxylation sites is 1. The van der Waals surface area contributed by atoms with Crippen molar-refractivity contribution in [1.29, 1.82) is 0 Å². The zero-order chi connectivity index (χ0) is 18.1. The van der Waals surface area contributed by atoms with E-state index in [9.17, 15) is 4.79 Å². The largest absolute Gasteiger partial charge is 0.493 e. The molecule has 1 amide bonds. The molecule has 1 N–H and O–H groups in total. The third kappa shape index (κ3) is 4.84. The highest BCUT2D eigenvalue weighted by Gasteiger charge is 2.10. The zero-order valence-corrected chi connectivity index (χ0v) is 14.2. The van der Waals surface area contributed by atoms with Crippen LogP contribution in [0.3, 0.4) is 0 Å². The second-order valence-electron chi connectivity index (χ2n) is 4.91. The molecule has 0 aliphatic heterocycles. The van der Waals surface area contributed by atoms with E-state index in [2.05, 4.69) is 17.1 Å². The van der Waals surface area contributed by atoms with Crippen LogP contribution in [0.4, 0.5) is 0 Å². The molecular weight excluding hydrogens is 320 g/mol. The number of hydrogen-bond donors (Lipinski definition) is 1. The van der Waals surface area contributed by atoms with Crippen LogP contribution in [-0.2, 0) is 0 Å². The van der Waals surface area contributed by atoms with Gasteiger partial charge in [0, 0.05) is 11.1 Å². The van der Waals surface area contributed by atoms with E-state index in [0.717, 1.165) is 5.56 Å². The van der Waals surface area contributed by atoms with Gasteiger partial charge in [-0.05, 0) is 30.3 Å². The van der Waals surface area contributed by atoms with Crippen molar-refractivity contribution < 1.29 is 19.0 Å². The number of rotatable bonds is 8. The molecule has 0 fully saturated rings. The molecule has 0 unspecified atom stereocenters. The van der Waals surface area contributed by atoms with Crippen LogP contribution in [0.5, 0.6) is 17.2 Å². The molecule has 6 heteroatoms. The van der Waals surface area contributed by atoms with Crippen molar-refractivity contribution in [3.8, 4) is 17.2 Å². The van der Waals surface area contributed by atoms with E-state index in [1.165, 1.54) is 20.4 Å². The molecule has 130 valence electrons. The number of hydrogen-bond acceptors (Lipinski definition) is 5. The second kappa shape index (κ2) is 9.12. The molecule has 0 spiro atoms. The number of nitrogens with zero attached hydrogens (tertiary/aromatic N) is 1. The first-order chi connectivity index (χ1) is 12.2. The van der Waals surface area contributed by atoms with Crippen LogP contribution in [0.15, 0.2) is 60.2 Å². The topological polar surface area (TPSA) is 69.2 Å². The second-order valence-corrected chi connectivity index (χ2v) is 4.91. The number of nitrogens with one attached hydrogen (secondary N) is 1. The number of ether oxygens (including phenoxy) is 3. The van der Waals surface area contributed by atoms with Crippen molar-refractivity contribution >= 4 is 12.1 Å². The Morgan fingerprint density at radius 3 is 2.60 bits per heavy atom. The fourth-order valence-corrected chi connectivity index (χ4v) is 2.07. The smallest absolute Gasteiger partial charge is 0.271 e. The van der Waals surface area contributed by atoms with Crippen LogP contribution < -0.4 is 19.6 Å². The lowest BCUT2D eigenvalue weighted by Gasteiger charge is -2.09. The minimum absolute atomic E-state index is 0.360. The number of methoxy groups -OCH3 is 2. The highest BCUT2D eigenvalue weighted by atomic mass is 16.5. The van der Waals surface area contributed by atoms with E-state index >= 15 is 0 Å². The van der Waals surface area contributed by atoms with E-state index in [1.54, 1.807) is 24.3 Å². The summed E-state index contributed by atoms with van der Waals surface area (Å²) in [5.74, 6) is 1.33. The van der Waals surface area contributed by atoms with Gasteiger partial charge in [-0.2, -0.15) is 5.10 Å². The van der Waals surface area contributed by atoms with Crippen molar-refractivity contribution in [2.75, 3.05) is 20.8 Å². The molecule has 6 nitrogen and oxygen atoms in total. The summed E-state index contributed by atoms with van der Waals surface area (Å²) in [5, 5.41) is 3.98. The molecule has 0 atom stereocenters. The summed E-state index contributed by atoms with van der Waals surface area (Å²) in [4.78, 5) is 12.2. The van der Waals surface area contributed by atoms with Crippen molar-refractivity contribution in [2.45, 2.75) is 0 Å². The van der Waals surface area contributed by atoms with E-state index in [4.69, 9.17) is 14.2 Å². The van der Waals surface area contributed by atoms with Gasteiger partial charge in [0.1, 0.15) is 12.4 Å². The van der Waals surface area contributed by atoms with Gasteiger partial charge in [-0.3, -0.25) is 4.79 Å². The summed E-state index contributed by atoms with van der Waals surface area (Å²) in [7, 11) is 3.05. The number of carbonyl (C=O) groups excluding carboxylic acids is 1. The van der Waals surface area contributed by atoms with Crippen molar-refractivity contribution in [3.63, 3.8) is 0 Å². The molecule has 25 heavy (non-hydrogen) atoms. The van der Waals surface area contributed by atoms with Crippen LogP contribution in [0.2, 0.25) is 0 Å². The van der Waals surface area contributed by atoms with Crippen molar-refractivity contribution in [1.82, 2.24) is 5.43 Å². The lowest BCUT2D eigenvalue weighted by atomic mass is 10.2. The average Bonchev–Trinajstić information content (AvgIpc) is 2.66. The maximum absolute atomic E-state index is 12.2. The molecule has 0 aliphatic carbocycles. The van der Waals surface area contributed by atoms with Gasteiger partial charge in [0.2, 0.25) is 0 Å². The van der Waals surface area contributed by atoms with E-state index in [1.807, 2.05) is 24.3 Å². The Morgan fingerprint density at radius 1 is 1.12 bits per heavy atom. The quantitative estimate of drug-likeness (QED) is 0.456. The molecule has 0 saturated heterocycles. The Labute approximate surface area is 146 Å². The number of hydrazone groups is 1. The monoisotopic (exact) mass is 340 g/mol. The van der Waals surface area contributed by atoms with Crippen LogP contribution >= 0.6 is 0 Å². The summed E-state index contributed by atoms with van der Waals surface area (Å²) >= 11 is 0. The molecule has 2 aromatic carbocycles. The van der Waals surface area contributed by atoms with Crippen LogP contribution in [0.25, 0.3) is 0 Å². The highest BCUT2D eigenvalue weighted by Crippen LogP contribution is 2.27. The summed E-state index contributed by atoms with van der Waals surface area (Å²) < 4.78 is 15.9. The van der Waals surface area contributed by atoms with Gasteiger partial charge in [0.25, 0.3) is 5.91 Å². The molecular formula is C19H20N2O4. The van der Waals surface area contributed by atoms with E-state index in [-0.39, 0.29) is 5.91 Å². The predicted molar refractivity (Wildman–Crippen MR) is 96.7 cm³/mol. The van der Waals surface area contributed by atoms with Crippen LogP contribution in [-0.4, -0.2) is 32.9 Å². The summed E-state index contributed by atoms with van der Waals surface area (Å²) in [6, 6.07) is 12.3. The maximum atomic E-state index is 12.2. The Bertz CT molecular complexity index is 772. The number of carbonyl (C=O) groups is 1. The third-order valence-corrected chi connectivity index (χ3v) is 3.29. The Hall–Kier alpha value is -3.28. The molecule has 0 heterocycles. The van der Waals surface area contributed by atoms with Gasteiger partial charge in [-0.1, -0.05) is 24.8 Å². The third-order valence-electron chi connectivity index (χ3n) is 3.29. The first kappa shape index (κ1) is 18.1. The Morgan fingerprint density at radius 2 is 1.88 bits per heavy atom. The number of amides is 1. The first-order valence-electron chi connectivity index (χ1n) is 7.57. The normalized spacial score (nSPS) is 10.3. The minimum atomic E-state index is -0.360. The zero-order valence-electron chi connectivity index (χ0n) is 14.2. The van der Waals surface area contributed by atoms with Gasteiger partial charge in [0.05, 0.1) is 20.4 Å². The minimum Gasteiger partial charge on any atom is -0.493 e. The lowest BCUT2D eigenvalue weighted by Crippen LogP contribution is -2.17. The van der Waals surface area contributed by atoms with E-state index < -0.39 is 0 Å². The standard InChI is InChI=1S/C19H20N2O4/c1-4-11-25-16-8-6-5-7-15(16)13-20-21-19(22)14-9-10-17(23-2)18(12-14)24-3/h4-10,12-13H,1,11H2,2-3H3,(H,21,22)/b20-13+. The van der Waals surface area contributed by atoms with Gasteiger partial charge >= 0.3 is 0 Å². The molecule has 0 radical (unpaired) electrons. The van der Waals surface area contributed by atoms with Gasteiger partial charge in [-0.25, -0.2) is 5.43 Å². The van der Waals surface area contributed by atoms with Crippen LogP contribution in [0, 0.1) is 0 Å². The fraction of sp³-hybridized carbons (Fsp3) is 0.158. The molecule has 0 aromatic heterocycles. The summed E-state index contributed by atoms with van der Waals surface area (Å²) in [6.07, 6.45) is 3.18. The van der Waals surface area contributed by atoms with Gasteiger partial charge in [0.15, 0.2) is 11.5 Å². The Kier molecular flexibility index (Phi) is 6.59. The Balaban J connectivity index is 2.07. The van der Waals surface area contributed by atoms with Crippen molar-refractivity contribution in [3.05, 3.63) is 66.2 Å². The molecule has 2 aromatic rings. The average molecular weight is 340 g/mol. The predicted octanol–water partition coefficient (Wildman–Crippen LogP) is 3.03. The van der Waals surface area contributed by atoms with Crippen LogP contribution in [0.1, 0.15) is 15.9 Å². The summed E-state index contributed by atoms with van der Waals surface area (Å²) in [5.41, 5.74) is 3.63. The van der Waals surface area contributed by atoms with Gasteiger partial charge < -0.3 is 14.2 Å². The number of benzene rings is 2. The summed E-state index contributed by atoms with van der Waals surface area (Å²) in [6.45, 7) is 4.01. The molecule has 0 bridgehead atoms. The molecule has 0 saturated carbocycles. The lowest BCUT2D eigenvalue weighted by molar-refractivity contribution is 0.0954. The fourth-order valence-electron chi connectivity index (χ4n) is 2.07. The molecule has 2 rings (SSSR count).